The molecule has 0 heterocycles. The minimum absolute atomic E-state index is 0.418. The third-order valence-electron chi connectivity index (χ3n) is 4.07. The van der Waals surface area contributed by atoms with Gasteiger partial charge < -0.3 is 0 Å². The van der Waals surface area contributed by atoms with Crippen molar-refractivity contribution in [2.24, 2.45) is 5.92 Å². The molecular weight excluding hydrogens is 291 g/mol. The molecule has 0 spiro atoms. The van der Waals surface area contributed by atoms with E-state index in [4.69, 9.17) is 0 Å². The van der Waals surface area contributed by atoms with E-state index in [-0.39, 0.29) is 0 Å². The van der Waals surface area contributed by atoms with Gasteiger partial charge in [0.1, 0.15) is 0 Å². The van der Waals surface area contributed by atoms with Gasteiger partial charge in [-0.05, 0) is 0 Å². The maximum absolute atomic E-state index is 12.1. The van der Waals surface area contributed by atoms with Crippen LogP contribution < -0.4 is 0 Å². The third-order valence-corrected chi connectivity index (χ3v) is 13.0. The number of hydrogen-bond acceptors (Lipinski definition) is 1. The van der Waals surface area contributed by atoms with Crippen LogP contribution in [0.25, 0.3) is 0 Å². The zero-order valence-electron chi connectivity index (χ0n) is 10.8. The van der Waals surface area contributed by atoms with Gasteiger partial charge in [-0.15, -0.1) is 0 Å². The fraction of sp³-hybridized carbons (Fsp3) is 0.923. The van der Waals surface area contributed by atoms with E-state index in [1.54, 1.807) is 0 Å². The molecule has 1 fully saturated rings. The van der Waals surface area contributed by atoms with E-state index in [1.165, 1.54) is 25.7 Å². The monoisotopic (exact) mass is 318 g/mol. The summed E-state index contributed by atoms with van der Waals surface area (Å²) in [6.45, 7) is 2.35. The van der Waals surface area contributed by atoms with Gasteiger partial charge in [-0.25, -0.2) is 0 Å². The predicted octanol–water partition coefficient (Wildman–Crippen LogP) is 4.25. The van der Waals surface area contributed by atoms with Gasteiger partial charge in [0, 0.05) is 0 Å². The second-order valence-corrected chi connectivity index (χ2v) is 22.3. The van der Waals surface area contributed by atoms with Gasteiger partial charge >= 0.3 is 99.1 Å². The number of carbonyl (C=O) groups is 1. The molecule has 0 aromatic heterocycles. The first kappa shape index (κ1) is 13.5. The van der Waals surface area contributed by atoms with Crippen LogP contribution in [0, 0.1) is 5.92 Å². The molecule has 1 nitrogen and oxygen atoms in total. The summed E-state index contributed by atoms with van der Waals surface area (Å²) < 4.78 is 0.727. The first-order valence-corrected chi connectivity index (χ1v) is 16.7. The molecule has 0 aromatic carbocycles. The van der Waals surface area contributed by atoms with Crippen molar-refractivity contribution in [2.45, 2.75) is 64.2 Å². The quantitative estimate of drug-likeness (QED) is 0.696. The van der Waals surface area contributed by atoms with Gasteiger partial charge in [0.2, 0.25) is 0 Å². The molecule has 2 atom stereocenters. The van der Waals surface area contributed by atoms with Gasteiger partial charge in [0.25, 0.3) is 0 Å². The summed E-state index contributed by atoms with van der Waals surface area (Å²) in [6.07, 6.45) is 7.07. The summed E-state index contributed by atoms with van der Waals surface area (Å²) in [7, 11) is 0. The van der Waals surface area contributed by atoms with Gasteiger partial charge in [0.15, 0.2) is 0 Å². The first-order valence-electron chi connectivity index (χ1n) is 6.45. The predicted molar refractivity (Wildman–Crippen MR) is 69.0 cm³/mol. The number of carbonyl (C=O) groups excluding carboxylic acids is 1. The van der Waals surface area contributed by atoms with Crippen molar-refractivity contribution in [2.75, 3.05) is 0 Å². The molecular formula is C13H26OSn. The second kappa shape index (κ2) is 5.69. The number of hydrogen-bond donors (Lipinski definition) is 0. The molecule has 88 valence electrons. The standard InChI is InChI=1S/C10H17O.3CH3.Sn/c1-2-9-7-5-3-4-6-8-10(9)11;;;;/h2,9H,3-8H2,1H3;3*1H3;. The Hall–Kier alpha value is 0.469. The summed E-state index contributed by atoms with van der Waals surface area (Å²) in [5.41, 5.74) is 0. The number of ketones is 1. The minimum atomic E-state index is -1.87. The number of rotatable bonds is 2. The summed E-state index contributed by atoms with van der Waals surface area (Å²) >= 11 is -1.87. The molecule has 1 aliphatic rings. The summed E-state index contributed by atoms with van der Waals surface area (Å²) in [4.78, 5) is 19.5. The van der Waals surface area contributed by atoms with E-state index in [9.17, 15) is 4.79 Å². The van der Waals surface area contributed by atoms with Crippen molar-refractivity contribution in [3.8, 4) is 0 Å². The molecule has 1 saturated carbocycles. The van der Waals surface area contributed by atoms with Crippen molar-refractivity contribution < 1.29 is 4.79 Å². The molecule has 2 unspecified atom stereocenters. The SMILES string of the molecule is C[CH](C1CCCCCCC1=O)[Sn]([CH3])([CH3])[CH3]. The normalized spacial score (nSPS) is 26.9. The fourth-order valence-electron chi connectivity index (χ4n) is 2.50. The molecule has 0 saturated heterocycles. The average molecular weight is 317 g/mol. The molecule has 0 amide bonds. The second-order valence-electron chi connectivity index (χ2n) is 6.18. The van der Waals surface area contributed by atoms with Crippen LogP contribution in [0.2, 0.25) is 18.8 Å². The van der Waals surface area contributed by atoms with Crippen LogP contribution >= 0.6 is 0 Å². The van der Waals surface area contributed by atoms with E-state index in [1.807, 2.05) is 0 Å². The Morgan fingerprint density at radius 1 is 1.13 bits per heavy atom. The summed E-state index contributed by atoms with van der Waals surface area (Å²) in [6, 6.07) is 0. The van der Waals surface area contributed by atoms with Crippen LogP contribution in [0.3, 0.4) is 0 Å². The summed E-state index contributed by atoms with van der Waals surface area (Å²) in [5, 5.41) is 0. The van der Waals surface area contributed by atoms with E-state index >= 15 is 0 Å². The van der Waals surface area contributed by atoms with Gasteiger partial charge in [-0.2, -0.15) is 0 Å². The first-order chi connectivity index (χ1) is 6.93. The Labute approximate surface area is 98.9 Å². The molecule has 15 heavy (non-hydrogen) atoms. The van der Waals surface area contributed by atoms with E-state index in [0.29, 0.717) is 11.7 Å². The van der Waals surface area contributed by atoms with Gasteiger partial charge in [-0.1, -0.05) is 0 Å². The van der Waals surface area contributed by atoms with Crippen LogP contribution in [0.1, 0.15) is 45.4 Å². The van der Waals surface area contributed by atoms with E-state index in [2.05, 4.69) is 21.7 Å². The van der Waals surface area contributed by atoms with Gasteiger partial charge in [0.05, 0.1) is 0 Å². The van der Waals surface area contributed by atoms with Gasteiger partial charge in [-0.3, -0.25) is 0 Å². The summed E-state index contributed by atoms with van der Waals surface area (Å²) in [5.74, 6) is 0.995. The Morgan fingerprint density at radius 2 is 1.73 bits per heavy atom. The average Bonchev–Trinajstić information content (AvgIpc) is 2.10. The zero-order valence-corrected chi connectivity index (χ0v) is 13.7. The van der Waals surface area contributed by atoms with Crippen molar-refractivity contribution in [3.63, 3.8) is 0 Å². The fourth-order valence-corrected chi connectivity index (χ4v) is 6.95. The molecule has 0 aliphatic heterocycles. The third kappa shape index (κ3) is 4.08. The Bertz CT molecular complexity index is 217. The van der Waals surface area contributed by atoms with Crippen molar-refractivity contribution >= 4 is 24.2 Å². The Kier molecular flexibility index (Phi) is 5.14. The Morgan fingerprint density at radius 3 is 2.33 bits per heavy atom. The van der Waals surface area contributed by atoms with Crippen LogP contribution in [0.4, 0.5) is 0 Å². The topological polar surface area (TPSA) is 17.1 Å². The molecule has 1 aliphatic carbocycles. The number of Topliss-reactive ketones (excluding diaryl/α,β-unsaturated/α-hetero) is 1. The van der Waals surface area contributed by atoms with Crippen LogP contribution in [0.5, 0.6) is 0 Å². The molecule has 2 heteroatoms. The molecule has 0 aromatic rings. The van der Waals surface area contributed by atoms with Crippen molar-refractivity contribution in [1.29, 1.82) is 0 Å². The van der Waals surface area contributed by atoms with Crippen LogP contribution in [0.15, 0.2) is 0 Å². The molecule has 0 bridgehead atoms. The van der Waals surface area contributed by atoms with Crippen molar-refractivity contribution in [3.05, 3.63) is 0 Å². The molecule has 0 radical (unpaired) electrons. The zero-order chi connectivity index (χ0) is 11.5. The molecule has 0 N–H and O–H groups in total. The van der Waals surface area contributed by atoms with Crippen molar-refractivity contribution in [1.82, 2.24) is 0 Å². The molecule has 1 rings (SSSR count). The Balaban J connectivity index is 2.67. The van der Waals surface area contributed by atoms with E-state index in [0.717, 1.165) is 16.8 Å². The maximum atomic E-state index is 12.1. The van der Waals surface area contributed by atoms with Crippen LogP contribution in [-0.4, -0.2) is 24.2 Å². The van der Waals surface area contributed by atoms with Crippen LogP contribution in [-0.2, 0) is 4.79 Å². The van der Waals surface area contributed by atoms with E-state index < -0.39 is 18.4 Å².